The fourth-order valence-electron chi connectivity index (χ4n) is 1.69. The molecule has 0 fully saturated rings. The Kier molecular flexibility index (Phi) is 1.92. The highest BCUT2D eigenvalue weighted by Crippen LogP contribution is 2.10. The molecule has 1 aliphatic rings. The van der Waals surface area contributed by atoms with Crippen molar-refractivity contribution in [2.45, 2.75) is 19.0 Å². The van der Waals surface area contributed by atoms with Gasteiger partial charge in [-0.2, -0.15) is 0 Å². The summed E-state index contributed by atoms with van der Waals surface area (Å²) in [6.07, 6.45) is 0.251. The van der Waals surface area contributed by atoms with Gasteiger partial charge in [0, 0.05) is 25.6 Å². The van der Waals surface area contributed by atoms with Gasteiger partial charge in [-0.15, -0.1) is 0 Å². The number of aryl methyl sites for hydroxylation is 1. The summed E-state index contributed by atoms with van der Waals surface area (Å²) in [6, 6.07) is -0.647. The van der Waals surface area contributed by atoms with Crippen molar-refractivity contribution in [1.29, 1.82) is 0 Å². The molecule has 6 nitrogen and oxygen atoms in total. The first-order valence-corrected chi connectivity index (χ1v) is 4.32. The second-order valence-electron chi connectivity index (χ2n) is 3.41. The summed E-state index contributed by atoms with van der Waals surface area (Å²) in [5.41, 5.74) is 1.24. The van der Waals surface area contributed by atoms with Crippen molar-refractivity contribution in [3.05, 3.63) is 21.6 Å². The Balaban J connectivity index is 2.38. The molecule has 2 rings (SSSR count). The van der Waals surface area contributed by atoms with Crippen LogP contribution in [0.3, 0.4) is 0 Å². The lowest BCUT2D eigenvalue weighted by molar-refractivity contribution is -0.139. The molecule has 0 aromatic carbocycles. The summed E-state index contributed by atoms with van der Waals surface area (Å²) in [4.78, 5) is 22.2. The van der Waals surface area contributed by atoms with Gasteiger partial charge in [0.2, 0.25) is 0 Å². The van der Waals surface area contributed by atoms with Crippen molar-refractivity contribution in [3.8, 4) is 0 Å². The molecule has 1 aromatic heterocycles. The molecule has 0 aliphatic carbocycles. The molecule has 0 spiro atoms. The summed E-state index contributed by atoms with van der Waals surface area (Å²) in [5, 5.41) is 14.5. The number of rotatable bonds is 1. The van der Waals surface area contributed by atoms with Gasteiger partial charge in [0.1, 0.15) is 6.04 Å². The maximum atomic E-state index is 11.5. The zero-order valence-electron chi connectivity index (χ0n) is 7.70. The van der Waals surface area contributed by atoms with Crippen molar-refractivity contribution >= 4 is 5.97 Å². The number of nitrogens with zero attached hydrogens (tertiary/aromatic N) is 1. The van der Waals surface area contributed by atoms with Crippen LogP contribution in [0.25, 0.3) is 0 Å². The first kappa shape index (κ1) is 9.01. The standard InChI is InChI=1S/C8H11N3O3/c1-11-7(12)4-2-5(8(13)14)9-3-6(4)10-11/h5,9-10H,2-3H2,1H3,(H,13,14). The number of aromatic nitrogens is 2. The van der Waals surface area contributed by atoms with Crippen LogP contribution in [0, 0.1) is 0 Å². The zero-order valence-corrected chi connectivity index (χ0v) is 7.70. The molecule has 1 unspecified atom stereocenters. The van der Waals surface area contributed by atoms with Gasteiger partial charge in [-0.25, -0.2) is 0 Å². The molecule has 76 valence electrons. The molecule has 0 saturated heterocycles. The Labute approximate surface area is 79.5 Å². The molecule has 3 N–H and O–H groups in total. The molecule has 0 amide bonds. The maximum Gasteiger partial charge on any atom is 0.321 e. The van der Waals surface area contributed by atoms with Gasteiger partial charge in [0.15, 0.2) is 0 Å². The van der Waals surface area contributed by atoms with E-state index < -0.39 is 12.0 Å². The van der Waals surface area contributed by atoms with E-state index in [2.05, 4.69) is 10.4 Å². The molecule has 1 atom stereocenters. The van der Waals surface area contributed by atoms with E-state index in [9.17, 15) is 9.59 Å². The van der Waals surface area contributed by atoms with E-state index in [-0.39, 0.29) is 12.0 Å². The minimum atomic E-state index is -0.918. The maximum absolute atomic E-state index is 11.5. The third kappa shape index (κ3) is 1.24. The number of fused-ring (bicyclic) bond motifs is 1. The number of aromatic amines is 1. The number of H-pyrrole nitrogens is 1. The molecule has 1 aliphatic heterocycles. The Hall–Kier alpha value is -1.56. The van der Waals surface area contributed by atoms with Crippen LogP contribution < -0.4 is 10.9 Å². The molecule has 14 heavy (non-hydrogen) atoms. The molecule has 0 bridgehead atoms. The van der Waals surface area contributed by atoms with Crippen molar-refractivity contribution in [1.82, 2.24) is 15.1 Å². The van der Waals surface area contributed by atoms with E-state index in [4.69, 9.17) is 5.11 Å². The van der Waals surface area contributed by atoms with Gasteiger partial charge in [0.25, 0.3) is 5.56 Å². The number of carboxylic acid groups (broad SMARTS) is 1. The van der Waals surface area contributed by atoms with Gasteiger partial charge in [-0.3, -0.25) is 24.7 Å². The molecule has 6 heteroatoms. The smallest absolute Gasteiger partial charge is 0.321 e. The molecular formula is C8H11N3O3. The van der Waals surface area contributed by atoms with Crippen LogP contribution in [0.4, 0.5) is 0 Å². The molecule has 0 saturated carbocycles. The Bertz CT molecular complexity index is 432. The molecule has 1 aromatic rings. The summed E-state index contributed by atoms with van der Waals surface area (Å²) in [6.45, 7) is 0.405. The summed E-state index contributed by atoms with van der Waals surface area (Å²) in [5.74, 6) is -0.918. The van der Waals surface area contributed by atoms with E-state index in [1.807, 2.05) is 0 Å². The van der Waals surface area contributed by atoms with E-state index in [0.29, 0.717) is 12.1 Å². The summed E-state index contributed by atoms with van der Waals surface area (Å²) >= 11 is 0. The second kappa shape index (κ2) is 2.98. The Morgan fingerprint density at radius 1 is 1.64 bits per heavy atom. The lowest BCUT2D eigenvalue weighted by Gasteiger charge is -2.18. The van der Waals surface area contributed by atoms with Gasteiger partial charge in [-0.05, 0) is 0 Å². The van der Waals surface area contributed by atoms with Crippen LogP contribution in [0.1, 0.15) is 11.3 Å². The van der Waals surface area contributed by atoms with Crippen molar-refractivity contribution < 1.29 is 9.90 Å². The van der Waals surface area contributed by atoms with Crippen molar-refractivity contribution in [2.75, 3.05) is 0 Å². The molecular weight excluding hydrogens is 186 g/mol. The summed E-state index contributed by atoms with van der Waals surface area (Å²) < 4.78 is 1.37. The summed E-state index contributed by atoms with van der Waals surface area (Å²) in [7, 11) is 1.62. The topological polar surface area (TPSA) is 87.1 Å². The normalized spacial score (nSPS) is 20.5. The predicted molar refractivity (Wildman–Crippen MR) is 48.0 cm³/mol. The van der Waals surface area contributed by atoms with Crippen LogP contribution in [0.15, 0.2) is 4.79 Å². The minimum Gasteiger partial charge on any atom is -0.480 e. The lowest BCUT2D eigenvalue weighted by Crippen LogP contribution is -2.42. The minimum absolute atomic E-state index is 0.132. The second-order valence-corrected chi connectivity index (χ2v) is 3.41. The SMILES string of the molecule is Cn1[nH]c2c(c1=O)CC(C(=O)O)NC2. The highest BCUT2D eigenvalue weighted by molar-refractivity contribution is 5.74. The van der Waals surface area contributed by atoms with Gasteiger partial charge < -0.3 is 5.11 Å². The van der Waals surface area contributed by atoms with E-state index in [1.54, 1.807) is 7.05 Å². The average molecular weight is 197 g/mol. The number of carbonyl (C=O) groups is 1. The van der Waals surface area contributed by atoms with E-state index in [0.717, 1.165) is 5.69 Å². The predicted octanol–water partition coefficient (Wildman–Crippen LogP) is -1.19. The van der Waals surface area contributed by atoms with E-state index in [1.165, 1.54) is 4.68 Å². The van der Waals surface area contributed by atoms with E-state index >= 15 is 0 Å². The third-order valence-corrected chi connectivity index (χ3v) is 2.46. The number of carboxylic acids is 1. The fourth-order valence-corrected chi connectivity index (χ4v) is 1.69. The van der Waals surface area contributed by atoms with Gasteiger partial charge in [-0.1, -0.05) is 0 Å². The molecule has 2 heterocycles. The van der Waals surface area contributed by atoms with Crippen LogP contribution >= 0.6 is 0 Å². The third-order valence-electron chi connectivity index (χ3n) is 2.46. The first-order chi connectivity index (χ1) is 6.59. The number of nitrogens with one attached hydrogen (secondary N) is 2. The monoisotopic (exact) mass is 197 g/mol. The quantitative estimate of drug-likeness (QED) is 0.528. The number of hydrogen-bond donors (Lipinski definition) is 3. The average Bonchev–Trinajstić information content (AvgIpc) is 2.43. The van der Waals surface area contributed by atoms with Gasteiger partial charge in [0.05, 0.1) is 5.69 Å². The first-order valence-electron chi connectivity index (χ1n) is 4.32. The Morgan fingerprint density at radius 2 is 2.36 bits per heavy atom. The Morgan fingerprint density at radius 3 is 3.00 bits per heavy atom. The van der Waals surface area contributed by atoms with Gasteiger partial charge >= 0.3 is 5.97 Å². The highest BCUT2D eigenvalue weighted by atomic mass is 16.4. The van der Waals surface area contributed by atoms with Crippen LogP contribution in [0.2, 0.25) is 0 Å². The highest BCUT2D eigenvalue weighted by Gasteiger charge is 2.27. The number of aliphatic carboxylic acids is 1. The lowest BCUT2D eigenvalue weighted by atomic mass is 10.0. The fraction of sp³-hybridized carbons (Fsp3) is 0.500. The zero-order chi connectivity index (χ0) is 10.3. The largest absolute Gasteiger partial charge is 0.480 e. The van der Waals surface area contributed by atoms with Crippen LogP contribution in [-0.4, -0.2) is 26.9 Å². The molecule has 0 radical (unpaired) electrons. The number of hydrogen-bond acceptors (Lipinski definition) is 3. The van der Waals surface area contributed by atoms with Crippen molar-refractivity contribution in [2.24, 2.45) is 7.05 Å². The van der Waals surface area contributed by atoms with Crippen LogP contribution in [0.5, 0.6) is 0 Å². The van der Waals surface area contributed by atoms with Crippen LogP contribution in [-0.2, 0) is 24.8 Å². The van der Waals surface area contributed by atoms with Crippen molar-refractivity contribution in [3.63, 3.8) is 0 Å².